The highest BCUT2D eigenvalue weighted by atomic mass is 16.2. The number of amides is 1. The molecule has 3 rings (SSSR count). The molecule has 0 unspecified atom stereocenters. The van der Waals surface area contributed by atoms with Crippen molar-refractivity contribution < 1.29 is 4.79 Å². The maximum atomic E-state index is 12.7. The van der Waals surface area contributed by atoms with Gasteiger partial charge in [-0.2, -0.15) is 0 Å². The van der Waals surface area contributed by atoms with Crippen molar-refractivity contribution in [2.24, 2.45) is 0 Å². The highest BCUT2D eigenvalue weighted by Gasteiger charge is 2.16. The molecule has 25 heavy (non-hydrogen) atoms. The molecule has 0 aliphatic rings. The lowest BCUT2D eigenvalue weighted by atomic mass is 10.1. The van der Waals surface area contributed by atoms with Gasteiger partial charge in [0.15, 0.2) is 11.5 Å². The molecule has 3 aromatic rings. The van der Waals surface area contributed by atoms with Crippen LogP contribution in [0.5, 0.6) is 0 Å². The lowest BCUT2D eigenvalue weighted by molar-refractivity contribution is 0.0768. The van der Waals surface area contributed by atoms with Crippen molar-refractivity contribution in [1.82, 2.24) is 24.6 Å². The second-order valence-corrected chi connectivity index (χ2v) is 5.52. The van der Waals surface area contributed by atoms with Gasteiger partial charge in [-0.15, -0.1) is 16.8 Å². The molecule has 6 nitrogen and oxygen atoms in total. The number of rotatable bonds is 7. The first-order valence-corrected chi connectivity index (χ1v) is 8.04. The first kappa shape index (κ1) is 16.6. The number of nitrogens with zero attached hydrogens (tertiary/aromatic N) is 5. The fourth-order valence-corrected chi connectivity index (χ4v) is 2.47. The zero-order valence-electron chi connectivity index (χ0n) is 13.8. The van der Waals surface area contributed by atoms with Crippen LogP contribution in [0, 0.1) is 0 Å². The molecule has 0 saturated carbocycles. The number of carbonyl (C=O) groups excluding carboxylic acids is 1. The summed E-state index contributed by atoms with van der Waals surface area (Å²) in [7, 11) is 0. The fourth-order valence-electron chi connectivity index (χ4n) is 2.47. The summed E-state index contributed by atoms with van der Waals surface area (Å²) in [5.74, 6) is 0.467. The second-order valence-electron chi connectivity index (χ2n) is 5.52. The van der Waals surface area contributed by atoms with Crippen LogP contribution in [-0.2, 0) is 6.42 Å². The number of benzene rings is 1. The molecule has 0 bridgehead atoms. The van der Waals surface area contributed by atoms with E-state index in [-0.39, 0.29) is 5.91 Å². The Hall–Kier alpha value is -3.28. The first-order chi connectivity index (χ1) is 12.3. The minimum absolute atomic E-state index is 0.152. The molecule has 0 atom stereocenters. The average Bonchev–Trinajstić information content (AvgIpc) is 3.20. The Labute approximate surface area is 146 Å². The predicted molar refractivity (Wildman–Crippen MR) is 95.4 cm³/mol. The van der Waals surface area contributed by atoms with Crippen LogP contribution >= 0.6 is 0 Å². The summed E-state index contributed by atoms with van der Waals surface area (Å²) in [5, 5.41) is 8.17. The van der Waals surface area contributed by atoms with E-state index in [1.807, 2.05) is 18.2 Å². The van der Waals surface area contributed by atoms with Crippen molar-refractivity contribution in [3.8, 4) is 5.82 Å². The number of imidazole rings is 1. The van der Waals surface area contributed by atoms with Gasteiger partial charge in [0.25, 0.3) is 5.91 Å². The summed E-state index contributed by atoms with van der Waals surface area (Å²) < 4.78 is 1.73. The van der Waals surface area contributed by atoms with Crippen LogP contribution in [0.15, 0.2) is 73.8 Å². The van der Waals surface area contributed by atoms with Gasteiger partial charge in [-0.1, -0.05) is 36.4 Å². The van der Waals surface area contributed by atoms with Crippen molar-refractivity contribution in [1.29, 1.82) is 0 Å². The Morgan fingerprint density at radius 2 is 2.00 bits per heavy atom. The normalized spacial score (nSPS) is 10.4. The largest absolute Gasteiger partial charge is 0.333 e. The summed E-state index contributed by atoms with van der Waals surface area (Å²) in [6.07, 6.45) is 7.57. The molecule has 0 saturated heterocycles. The number of hydrogen-bond acceptors (Lipinski definition) is 4. The van der Waals surface area contributed by atoms with Crippen LogP contribution in [0.25, 0.3) is 5.82 Å². The van der Waals surface area contributed by atoms with Crippen molar-refractivity contribution in [3.63, 3.8) is 0 Å². The maximum Gasteiger partial charge on any atom is 0.274 e. The van der Waals surface area contributed by atoms with Crippen LogP contribution in [-0.4, -0.2) is 43.6 Å². The van der Waals surface area contributed by atoms with Crippen molar-refractivity contribution in [2.75, 3.05) is 13.1 Å². The van der Waals surface area contributed by atoms with E-state index in [4.69, 9.17) is 0 Å². The smallest absolute Gasteiger partial charge is 0.274 e. The van der Waals surface area contributed by atoms with Crippen molar-refractivity contribution in [2.45, 2.75) is 6.42 Å². The van der Waals surface area contributed by atoms with Gasteiger partial charge in [-0.05, 0) is 24.1 Å². The fraction of sp³-hybridized carbons (Fsp3) is 0.158. The maximum absolute atomic E-state index is 12.7. The third-order valence-corrected chi connectivity index (χ3v) is 3.79. The van der Waals surface area contributed by atoms with Gasteiger partial charge < -0.3 is 4.90 Å². The summed E-state index contributed by atoms with van der Waals surface area (Å²) >= 11 is 0. The van der Waals surface area contributed by atoms with E-state index in [1.165, 1.54) is 5.56 Å². The van der Waals surface area contributed by atoms with Gasteiger partial charge in [0.05, 0.1) is 0 Å². The van der Waals surface area contributed by atoms with Crippen LogP contribution in [0.3, 0.4) is 0 Å². The Bertz CT molecular complexity index is 813. The Morgan fingerprint density at radius 1 is 1.16 bits per heavy atom. The Balaban J connectivity index is 1.70. The predicted octanol–water partition coefficient (Wildman–Crippen LogP) is 2.53. The highest BCUT2D eigenvalue weighted by molar-refractivity contribution is 5.92. The molecule has 2 heterocycles. The average molecular weight is 333 g/mol. The van der Waals surface area contributed by atoms with Gasteiger partial charge in [-0.3, -0.25) is 9.36 Å². The molecule has 0 fully saturated rings. The van der Waals surface area contributed by atoms with Gasteiger partial charge in [-0.25, -0.2) is 4.98 Å². The Kier molecular flexibility index (Phi) is 5.31. The van der Waals surface area contributed by atoms with E-state index >= 15 is 0 Å². The molecule has 0 aliphatic carbocycles. The summed E-state index contributed by atoms with van der Waals surface area (Å²) in [6, 6.07) is 13.5. The minimum Gasteiger partial charge on any atom is -0.333 e. The van der Waals surface area contributed by atoms with Gasteiger partial charge in [0, 0.05) is 25.5 Å². The number of hydrogen-bond donors (Lipinski definition) is 0. The van der Waals surface area contributed by atoms with Crippen LogP contribution in [0.1, 0.15) is 16.1 Å². The van der Waals surface area contributed by atoms with Crippen LogP contribution in [0.4, 0.5) is 0 Å². The molecule has 6 heteroatoms. The molecule has 1 amide bonds. The summed E-state index contributed by atoms with van der Waals surface area (Å²) in [6.45, 7) is 4.81. The molecule has 1 aromatic carbocycles. The number of carbonyl (C=O) groups is 1. The molecule has 0 spiro atoms. The molecule has 0 aliphatic heterocycles. The van der Waals surface area contributed by atoms with E-state index in [0.29, 0.717) is 24.6 Å². The zero-order valence-corrected chi connectivity index (χ0v) is 13.8. The van der Waals surface area contributed by atoms with Crippen LogP contribution < -0.4 is 0 Å². The van der Waals surface area contributed by atoms with Gasteiger partial charge in [0.2, 0.25) is 0 Å². The standard InChI is InChI=1S/C19H19N5O/c1-2-12-23(13-10-16-6-4-3-5-7-16)19(25)17-8-9-18(22-21-17)24-14-11-20-15-24/h2-9,11,14-15H,1,10,12-13H2. The Morgan fingerprint density at radius 3 is 2.64 bits per heavy atom. The van der Waals surface area contributed by atoms with Crippen molar-refractivity contribution in [3.05, 3.63) is 85.1 Å². The summed E-state index contributed by atoms with van der Waals surface area (Å²) in [4.78, 5) is 18.4. The lowest BCUT2D eigenvalue weighted by Gasteiger charge is -2.20. The van der Waals surface area contributed by atoms with E-state index in [2.05, 4.69) is 33.9 Å². The molecule has 2 aromatic heterocycles. The topological polar surface area (TPSA) is 63.9 Å². The molecular weight excluding hydrogens is 314 g/mol. The molecule has 0 radical (unpaired) electrons. The lowest BCUT2D eigenvalue weighted by Crippen LogP contribution is -2.33. The van der Waals surface area contributed by atoms with E-state index < -0.39 is 0 Å². The second kappa shape index (κ2) is 8.01. The molecular formula is C19H19N5O. The molecule has 126 valence electrons. The van der Waals surface area contributed by atoms with E-state index in [1.54, 1.807) is 46.4 Å². The SMILES string of the molecule is C=CCN(CCc1ccccc1)C(=O)c1ccc(-n2ccnc2)nn1. The first-order valence-electron chi connectivity index (χ1n) is 8.04. The van der Waals surface area contributed by atoms with Gasteiger partial charge in [0.1, 0.15) is 6.33 Å². The third-order valence-electron chi connectivity index (χ3n) is 3.79. The van der Waals surface area contributed by atoms with E-state index in [9.17, 15) is 4.79 Å². The van der Waals surface area contributed by atoms with Gasteiger partial charge >= 0.3 is 0 Å². The van der Waals surface area contributed by atoms with Crippen LogP contribution in [0.2, 0.25) is 0 Å². The monoisotopic (exact) mass is 333 g/mol. The number of aromatic nitrogens is 4. The van der Waals surface area contributed by atoms with Crippen molar-refractivity contribution >= 4 is 5.91 Å². The minimum atomic E-state index is -0.152. The highest BCUT2D eigenvalue weighted by Crippen LogP contribution is 2.08. The van der Waals surface area contributed by atoms with E-state index in [0.717, 1.165) is 6.42 Å². The summed E-state index contributed by atoms with van der Waals surface area (Å²) in [5.41, 5.74) is 1.50. The quantitative estimate of drug-likeness (QED) is 0.623. The third kappa shape index (κ3) is 4.17. The molecule has 0 N–H and O–H groups in total. The zero-order chi connectivity index (χ0) is 17.5.